The van der Waals surface area contributed by atoms with Crippen LogP contribution in [-0.2, 0) is 4.79 Å². The van der Waals surface area contributed by atoms with Gasteiger partial charge in [0.05, 0.1) is 10.0 Å². The second-order valence-electron chi connectivity index (χ2n) is 5.55. The number of hydrogen-bond donors (Lipinski definition) is 2. The quantitative estimate of drug-likeness (QED) is 0.613. The topological polar surface area (TPSA) is 50.4 Å². The zero-order chi connectivity index (χ0) is 17.9. The normalized spacial score (nSPS) is 17.6. The van der Waals surface area contributed by atoms with Crippen molar-refractivity contribution in [2.75, 3.05) is 20.1 Å². The molecular formula is C15H17Cl2F3N2O2. The Kier molecular flexibility index (Phi) is 6.36. The highest BCUT2D eigenvalue weighted by atomic mass is 35.5. The van der Waals surface area contributed by atoms with Crippen molar-refractivity contribution in [1.29, 1.82) is 0 Å². The van der Waals surface area contributed by atoms with Crippen molar-refractivity contribution in [3.63, 3.8) is 0 Å². The number of ether oxygens (including phenoxy) is 1. The number of rotatable bonds is 4. The lowest BCUT2D eigenvalue weighted by Crippen LogP contribution is -2.36. The molecule has 0 aliphatic carbocycles. The molecule has 1 aromatic carbocycles. The summed E-state index contributed by atoms with van der Waals surface area (Å²) in [7, 11) is 1.70. The fourth-order valence-corrected chi connectivity index (χ4v) is 3.18. The second-order valence-corrected chi connectivity index (χ2v) is 6.36. The molecule has 0 aromatic heterocycles. The molecule has 0 spiro atoms. The molecule has 1 saturated heterocycles. The molecule has 1 unspecified atom stereocenters. The van der Waals surface area contributed by atoms with Crippen LogP contribution in [0.5, 0.6) is 5.75 Å². The lowest BCUT2D eigenvalue weighted by atomic mass is 9.85. The SMILES string of the molecule is CNC(c1cc(Cl)c(Cl)cc1OC(=O)C(F)(F)F)C1CCNCC1. The number of nitrogens with one attached hydrogen (secondary N) is 2. The Morgan fingerprint density at radius 1 is 1.29 bits per heavy atom. The van der Waals surface area contributed by atoms with Gasteiger partial charge in [-0.2, -0.15) is 13.2 Å². The van der Waals surface area contributed by atoms with Gasteiger partial charge >= 0.3 is 12.1 Å². The predicted octanol–water partition coefficient (Wildman–Crippen LogP) is 3.72. The van der Waals surface area contributed by atoms with Gasteiger partial charge in [0.1, 0.15) is 5.75 Å². The molecule has 1 fully saturated rings. The summed E-state index contributed by atoms with van der Waals surface area (Å²) in [5.41, 5.74) is 0.386. The molecule has 2 N–H and O–H groups in total. The molecule has 0 saturated carbocycles. The van der Waals surface area contributed by atoms with Gasteiger partial charge in [0.15, 0.2) is 0 Å². The van der Waals surface area contributed by atoms with E-state index in [1.54, 1.807) is 7.05 Å². The molecule has 24 heavy (non-hydrogen) atoms. The minimum Gasteiger partial charge on any atom is -0.419 e. The fraction of sp³-hybridized carbons (Fsp3) is 0.533. The molecule has 1 aromatic rings. The Hall–Kier alpha value is -1.02. The maximum absolute atomic E-state index is 12.5. The highest BCUT2D eigenvalue weighted by Gasteiger charge is 2.42. The first kappa shape index (κ1) is 19.3. The number of alkyl halides is 3. The monoisotopic (exact) mass is 384 g/mol. The Morgan fingerprint density at radius 3 is 2.42 bits per heavy atom. The largest absolute Gasteiger partial charge is 0.491 e. The van der Waals surface area contributed by atoms with Crippen molar-refractivity contribution in [3.05, 3.63) is 27.7 Å². The first-order valence-corrected chi connectivity index (χ1v) is 8.15. The van der Waals surface area contributed by atoms with Gasteiger partial charge in [0.2, 0.25) is 0 Å². The number of halogens is 5. The Balaban J connectivity index is 2.38. The number of carbonyl (C=O) groups is 1. The molecule has 1 atom stereocenters. The van der Waals surface area contributed by atoms with Gasteiger partial charge < -0.3 is 15.4 Å². The predicted molar refractivity (Wildman–Crippen MR) is 85.5 cm³/mol. The highest BCUT2D eigenvalue weighted by molar-refractivity contribution is 6.42. The van der Waals surface area contributed by atoms with Crippen LogP contribution in [0.3, 0.4) is 0 Å². The van der Waals surface area contributed by atoms with Crippen molar-refractivity contribution in [1.82, 2.24) is 10.6 Å². The Labute approximate surface area is 147 Å². The van der Waals surface area contributed by atoms with E-state index in [1.165, 1.54) is 6.07 Å². The zero-order valence-electron chi connectivity index (χ0n) is 12.8. The first-order valence-electron chi connectivity index (χ1n) is 7.40. The molecule has 4 nitrogen and oxygen atoms in total. The maximum atomic E-state index is 12.5. The third kappa shape index (κ3) is 4.53. The molecule has 1 heterocycles. The van der Waals surface area contributed by atoms with E-state index in [9.17, 15) is 18.0 Å². The first-order chi connectivity index (χ1) is 11.2. The molecule has 134 valence electrons. The van der Waals surface area contributed by atoms with Crippen LogP contribution in [0.25, 0.3) is 0 Å². The number of benzene rings is 1. The summed E-state index contributed by atoms with van der Waals surface area (Å²) >= 11 is 11.9. The van der Waals surface area contributed by atoms with E-state index in [4.69, 9.17) is 23.2 Å². The zero-order valence-corrected chi connectivity index (χ0v) is 14.4. The Bertz CT molecular complexity index is 605. The van der Waals surface area contributed by atoms with Gasteiger partial charge in [0.25, 0.3) is 0 Å². The standard InChI is InChI=1S/C15H17Cl2F3N2O2/c1-21-13(8-2-4-22-5-3-8)9-6-10(16)11(17)7-12(9)24-14(23)15(18,19)20/h6-8,13,21-22H,2-5H2,1H3. The van der Waals surface area contributed by atoms with Gasteiger partial charge in [-0.05, 0) is 45.0 Å². The summed E-state index contributed by atoms with van der Waals surface area (Å²) in [5.74, 6) is -2.36. The average Bonchev–Trinajstić information content (AvgIpc) is 2.52. The molecule has 1 aliphatic rings. The number of carbonyl (C=O) groups excluding carboxylic acids is 1. The smallest absolute Gasteiger partial charge is 0.419 e. The van der Waals surface area contributed by atoms with Crippen LogP contribution >= 0.6 is 23.2 Å². The minimum atomic E-state index is -5.09. The van der Waals surface area contributed by atoms with Crippen molar-refractivity contribution in [2.24, 2.45) is 5.92 Å². The molecule has 2 rings (SSSR count). The van der Waals surface area contributed by atoms with Gasteiger partial charge in [-0.1, -0.05) is 23.2 Å². The van der Waals surface area contributed by atoms with Crippen molar-refractivity contribution < 1.29 is 22.7 Å². The third-order valence-electron chi connectivity index (χ3n) is 3.99. The number of piperidine rings is 1. The van der Waals surface area contributed by atoms with Crippen LogP contribution in [0, 0.1) is 5.92 Å². The molecule has 9 heteroatoms. The van der Waals surface area contributed by atoms with E-state index in [1.807, 2.05) is 0 Å². The summed E-state index contributed by atoms with van der Waals surface area (Å²) < 4.78 is 42.1. The van der Waals surface area contributed by atoms with Gasteiger partial charge in [-0.3, -0.25) is 0 Å². The third-order valence-corrected chi connectivity index (χ3v) is 4.71. The molecule has 0 bridgehead atoms. The van der Waals surface area contributed by atoms with E-state index in [2.05, 4.69) is 15.4 Å². The number of hydrogen-bond acceptors (Lipinski definition) is 4. The van der Waals surface area contributed by atoms with E-state index in [-0.39, 0.29) is 27.8 Å². The van der Waals surface area contributed by atoms with E-state index < -0.39 is 12.1 Å². The summed E-state index contributed by atoms with van der Waals surface area (Å²) in [5, 5.41) is 6.52. The van der Waals surface area contributed by atoms with Gasteiger partial charge in [-0.25, -0.2) is 4.79 Å². The van der Waals surface area contributed by atoms with Crippen molar-refractivity contribution >= 4 is 29.2 Å². The number of esters is 1. The molecule has 0 radical (unpaired) electrons. The van der Waals surface area contributed by atoms with Crippen molar-refractivity contribution in [2.45, 2.75) is 25.1 Å². The summed E-state index contributed by atoms with van der Waals surface area (Å²) in [6.45, 7) is 1.61. The van der Waals surface area contributed by atoms with Crippen LogP contribution in [0.4, 0.5) is 13.2 Å². The highest BCUT2D eigenvalue weighted by Crippen LogP contribution is 2.39. The molecule has 0 amide bonds. The van der Waals surface area contributed by atoms with Crippen LogP contribution in [-0.4, -0.2) is 32.3 Å². The van der Waals surface area contributed by atoms with Gasteiger partial charge in [0, 0.05) is 17.7 Å². The lowest BCUT2D eigenvalue weighted by Gasteiger charge is -2.32. The molecule has 1 aliphatic heterocycles. The van der Waals surface area contributed by atoms with Crippen LogP contribution in [0.2, 0.25) is 10.0 Å². The van der Waals surface area contributed by atoms with E-state index >= 15 is 0 Å². The maximum Gasteiger partial charge on any atom is 0.491 e. The summed E-state index contributed by atoms with van der Waals surface area (Å²) in [6, 6.07) is 2.29. The lowest BCUT2D eigenvalue weighted by molar-refractivity contribution is -0.189. The van der Waals surface area contributed by atoms with E-state index in [0.29, 0.717) is 5.56 Å². The van der Waals surface area contributed by atoms with Crippen LogP contribution in [0.1, 0.15) is 24.4 Å². The summed E-state index contributed by atoms with van der Waals surface area (Å²) in [4.78, 5) is 11.2. The summed E-state index contributed by atoms with van der Waals surface area (Å²) in [6.07, 6.45) is -3.43. The average molecular weight is 385 g/mol. The second kappa shape index (κ2) is 7.91. The minimum absolute atomic E-state index is 0.0190. The van der Waals surface area contributed by atoms with Gasteiger partial charge in [-0.15, -0.1) is 0 Å². The fourth-order valence-electron chi connectivity index (χ4n) is 2.86. The van der Waals surface area contributed by atoms with E-state index in [0.717, 1.165) is 32.0 Å². The van der Waals surface area contributed by atoms with Crippen LogP contribution < -0.4 is 15.4 Å². The van der Waals surface area contributed by atoms with Crippen LogP contribution in [0.15, 0.2) is 12.1 Å². The molecular weight excluding hydrogens is 368 g/mol. The Morgan fingerprint density at radius 2 is 1.88 bits per heavy atom. The van der Waals surface area contributed by atoms with Crippen molar-refractivity contribution in [3.8, 4) is 5.75 Å².